The average molecular weight is 922 g/mol. The zero-order valence-corrected chi connectivity index (χ0v) is 42.9. The third-order valence-corrected chi connectivity index (χ3v) is 14.9. The predicted molar refractivity (Wildman–Crippen MR) is 240 cm³/mol. The lowest BCUT2D eigenvalue weighted by Gasteiger charge is -2.69. The second-order valence-corrected chi connectivity index (χ2v) is 22.8. The normalized spacial score (nSPS) is 37.7. The number of nitrogens with one attached hydrogen (secondary N) is 1. The van der Waals surface area contributed by atoms with Crippen molar-refractivity contribution in [2.45, 2.75) is 196 Å². The molecule has 4 unspecified atom stereocenters. The van der Waals surface area contributed by atoms with E-state index in [9.17, 15) is 34.2 Å². The lowest BCUT2D eigenvalue weighted by atomic mass is 9.52. The molecule has 0 bridgehead atoms. The summed E-state index contributed by atoms with van der Waals surface area (Å²) in [5, 5.41) is 26.8. The van der Waals surface area contributed by atoms with Crippen molar-refractivity contribution in [1.82, 2.24) is 5.32 Å². The van der Waals surface area contributed by atoms with E-state index in [-0.39, 0.29) is 6.61 Å². The van der Waals surface area contributed by atoms with Crippen LogP contribution in [0.5, 0.6) is 0 Å². The highest BCUT2D eigenvalue weighted by molar-refractivity contribution is 5.85. The van der Waals surface area contributed by atoms with E-state index < -0.39 is 122 Å². The minimum absolute atomic E-state index is 0.00699. The van der Waals surface area contributed by atoms with E-state index in [0.29, 0.717) is 0 Å². The van der Waals surface area contributed by atoms with E-state index in [1.54, 1.807) is 83.1 Å². The first-order chi connectivity index (χ1) is 29.0. The van der Waals surface area contributed by atoms with Crippen LogP contribution in [-0.4, -0.2) is 117 Å². The van der Waals surface area contributed by atoms with Gasteiger partial charge in [0.05, 0.1) is 55.2 Å². The Hall–Kier alpha value is -3.67. The van der Waals surface area contributed by atoms with Gasteiger partial charge in [-0.2, -0.15) is 0 Å². The predicted octanol–water partition coefficient (Wildman–Crippen LogP) is 6.13. The summed E-state index contributed by atoms with van der Waals surface area (Å²) < 4.78 is 51.8. The first-order valence-electron chi connectivity index (χ1n) is 22.1. The second-order valence-electron chi connectivity index (χ2n) is 22.8. The fourth-order valence-corrected chi connectivity index (χ4v) is 8.97. The van der Waals surface area contributed by atoms with Gasteiger partial charge in [-0.1, -0.05) is 37.3 Å². The van der Waals surface area contributed by atoms with E-state index in [1.165, 1.54) is 55.4 Å². The Morgan fingerprint density at radius 2 is 1.09 bits per heavy atom. The molecule has 3 rings (SSSR count). The third-order valence-electron chi connectivity index (χ3n) is 14.9. The molecule has 2 heterocycles. The van der Waals surface area contributed by atoms with Crippen LogP contribution >= 0.6 is 0 Å². The van der Waals surface area contributed by atoms with E-state index >= 15 is 0 Å². The number of methoxy groups -OCH3 is 1. The van der Waals surface area contributed by atoms with Crippen molar-refractivity contribution >= 4 is 29.8 Å². The van der Waals surface area contributed by atoms with E-state index in [1.807, 2.05) is 30.3 Å². The van der Waals surface area contributed by atoms with Gasteiger partial charge in [0, 0.05) is 6.92 Å². The van der Waals surface area contributed by atoms with Gasteiger partial charge >= 0.3 is 23.9 Å². The van der Waals surface area contributed by atoms with Crippen LogP contribution in [0.15, 0.2) is 30.3 Å². The summed E-state index contributed by atoms with van der Waals surface area (Å²) in [5.74, 6) is -5.69. The third kappa shape index (κ3) is 8.96. The molecule has 2 aliphatic rings. The highest BCUT2D eigenvalue weighted by atomic mass is 16.7. The Bertz CT molecular complexity index is 1970. The quantitative estimate of drug-likeness (QED) is 0.150. The van der Waals surface area contributed by atoms with Crippen LogP contribution < -0.4 is 5.32 Å². The minimum Gasteiger partial charge on any atom is -0.467 e. The number of carbonyl (C=O) groups is 5. The average Bonchev–Trinajstić information content (AvgIpc) is 3.16. The molecule has 16 heteroatoms. The number of aliphatic hydroxyl groups excluding tert-OH is 1. The first-order valence-corrected chi connectivity index (χ1v) is 22.1. The molecular weight excluding hydrogens is 843 g/mol. The van der Waals surface area contributed by atoms with Crippen molar-refractivity contribution in [3.8, 4) is 0 Å². The van der Waals surface area contributed by atoms with Crippen molar-refractivity contribution in [2.75, 3.05) is 26.9 Å². The summed E-state index contributed by atoms with van der Waals surface area (Å²) in [5.41, 5.74) is -21.0. The SMILES string of the molecule is COC(=O)C1(C)OC(C)(COC[C@]2(C)[C@](C)(O)C(C)(CO)OC(C)(OCc3ccccc3)[C@@]2(C)NC(C)=O)[C@@](C)(OC(=O)C(C)(C)C)[C@](C)(OC(=O)C(C)(C)C)[C@]1(C)OC(=O)C(C)(C)C. The molecule has 0 saturated carbocycles. The number of rotatable bonds is 13. The Morgan fingerprint density at radius 1 is 0.646 bits per heavy atom. The summed E-state index contributed by atoms with van der Waals surface area (Å²) >= 11 is 0. The summed E-state index contributed by atoms with van der Waals surface area (Å²) in [6, 6.07) is 9.24. The number of hydrogen-bond acceptors (Lipinski definition) is 15. The Morgan fingerprint density at radius 3 is 1.51 bits per heavy atom. The number of benzene rings is 1. The maximum atomic E-state index is 14.4. The monoisotopic (exact) mass is 922 g/mol. The van der Waals surface area contributed by atoms with Crippen LogP contribution in [-0.2, 0) is 68.5 Å². The van der Waals surface area contributed by atoms with Gasteiger partial charge in [0.25, 0.3) is 0 Å². The molecule has 370 valence electrons. The number of esters is 4. The highest BCUT2D eigenvalue weighted by Gasteiger charge is 2.83. The van der Waals surface area contributed by atoms with Crippen molar-refractivity contribution in [1.29, 1.82) is 0 Å². The number of aliphatic hydroxyl groups is 2. The molecular formula is C49H79NO15. The van der Waals surface area contributed by atoms with Gasteiger partial charge in [0.15, 0.2) is 22.6 Å². The van der Waals surface area contributed by atoms with Crippen LogP contribution in [0.4, 0.5) is 0 Å². The number of amides is 1. The molecule has 2 aliphatic heterocycles. The molecule has 0 aliphatic carbocycles. The van der Waals surface area contributed by atoms with Crippen molar-refractivity contribution < 1.29 is 72.1 Å². The number of ether oxygens (including phenoxy) is 8. The van der Waals surface area contributed by atoms with Crippen LogP contribution in [0, 0.1) is 21.7 Å². The molecule has 10 atom stereocenters. The van der Waals surface area contributed by atoms with Gasteiger partial charge in [-0.05, 0) is 130 Å². The van der Waals surface area contributed by atoms with Gasteiger partial charge < -0.3 is 53.4 Å². The topological polar surface area (TPSA) is 212 Å². The molecule has 16 nitrogen and oxygen atoms in total. The Balaban J connectivity index is 2.44. The number of hydrogen-bond donors (Lipinski definition) is 3. The lowest BCUT2D eigenvalue weighted by Crippen LogP contribution is -2.88. The summed E-state index contributed by atoms with van der Waals surface area (Å²) in [6.07, 6.45) is 0. The van der Waals surface area contributed by atoms with Crippen molar-refractivity contribution in [3.63, 3.8) is 0 Å². The van der Waals surface area contributed by atoms with Crippen molar-refractivity contribution in [3.05, 3.63) is 35.9 Å². The van der Waals surface area contributed by atoms with Gasteiger partial charge in [-0.25, -0.2) is 4.79 Å². The smallest absolute Gasteiger partial charge is 0.342 e. The lowest BCUT2D eigenvalue weighted by molar-refractivity contribution is -0.425. The number of carbonyl (C=O) groups excluding carboxylic acids is 5. The van der Waals surface area contributed by atoms with Crippen LogP contribution in [0.2, 0.25) is 0 Å². The molecule has 65 heavy (non-hydrogen) atoms. The molecule has 0 radical (unpaired) electrons. The van der Waals surface area contributed by atoms with E-state index in [2.05, 4.69) is 5.32 Å². The first kappa shape index (κ1) is 55.7. The molecule has 3 N–H and O–H groups in total. The summed E-state index contributed by atoms with van der Waals surface area (Å²) in [4.78, 5) is 70.5. The molecule has 0 spiro atoms. The minimum atomic E-state index is -2.33. The zero-order chi connectivity index (χ0) is 50.7. The van der Waals surface area contributed by atoms with Crippen LogP contribution in [0.3, 0.4) is 0 Å². The zero-order valence-electron chi connectivity index (χ0n) is 42.9. The molecule has 2 fully saturated rings. The van der Waals surface area contributed by atoms with Crippen LogP contribution in [0.1, 0.15) is 144 Å². The maximum absolute atomic E-state index is 14.4. The Labute approximate surface area is 386 Å². The summed E-state index contributed by atoms with van der Waals surface area (Å²) in [7, 11) is 1.12. The molecule has 1 aromatic rings. The van der Waals surface area contributed by atoms with Gasteiger partial charge in [-0.15, -0.1) is 0 Å². The van der Waals surface area contributed by atoms with E-state index in [0.717, 1.165) is 12.7 Å². The second kappa shape index (κ2) is 17.4. The molecule has 2 saturated heterocycles. The molecule has 1 aromatic carbocycles. The fourth-order valence-electron chi connectivity index (χ4n) is 8.97. The maximum Gasteiger partial charge on any atom is 0.342 e. The standard InChI is InChI=1S/C49H79NO15/c1-31(52)50-44(15)40(11,45(16,57)41(12,28-51)65-49(44,20)60-27-32-25-23-22-24-26-32)29-59-30-42(13)46(17,61-33(53)37(2,3)4)48(19,63-35(55)39(8,9)10)47(18,62-34(54)38(5,6)7)43(14,64-42)36(56)58-21/h22-26,51,57H,27-30H2,1-21H3,(H,50,52)/t40-,41?,42?,43?,44-,45-,46+,47+,48-,49?/m0/s1. The van der Waals surface area contributed by atoms with E-state index in [4.69, 9.17) is 37.9 Å². The van der Waals surface area contributed by atoms with Crippen molar-refractivity contribution in [2.24, 2.45) is 21.7 Å². The van der Waals surface area contributed by atoms with Gasteiger partial charge in [-0.3, -0.25) is 19.2 Å². The molecule has 1 amide bonds. The van der Waals surface area contributed by atoms with Crippen LogP contribution in [0.25, 0.3) is 0 Å². The van der Waals surface area contributed by atoms with Gasteiger partial charge in [0.1, 0.15) is 22.3 Å². The highest BCUT2D eigenvalue weighted by Crippen LogP contribution is 2.62. The summed E-state index contributed by atoms with van der Waals surface area (Å²) in [6.45, 7) is 29.1. The molecule has 0 aromatic heterocycles. The largest absolute Gasteiger partial charge is 0.467 e. The fraction of sp³-hybridized carbons (Fsp3) is 0.776. The Kier molecular flexibility index (Phi) is 14.9. The van der Waals surface area contributed by atoms with Gasteiger partial charge in [0.2, 0.25) is 11.5 Å².